The third-order valence-electron chi connectivity index (χ3n) is 7.14. The van der Waals surface area contributed by atoms with E-state index in [0.717, 1.165) is 25.0 Å². The lowest BCUT2D eigenvalue weighted by Crippen LogP contribution is -2.36. The van der Waals surface area contributed by atoms with Gasteiger partial charge in [-0.25, -0.2) is 14.6 Å². The van der Waals surface area contributed by atoms with Crippen molar-refractivity contribution < 1.29 is 29.0 Å². The summed E-state index contributed by atoms with van der Waals surface area (Å²) in [4.78, 5) is 51.8. The molecule has 0 unspecified atom stereocenters. The van der Waals surface area contributed by atoms with E-state index >= 15 is 0 Å². The Morgan fingerprint density at radius 1 is 1.00 bits per heavy atom. The van der Waals surface area contributed by atoms with Crippen LogP contribution in [0.4, 0.5) is 4.79 Å². The lowest BCUT2D eigenvalue weighted by Gasteiger charge is -2.16. The number of thioether (sulfide) groups is 1. The number of pyridine rings is 1. The minimum atomic E-state index is -1.07. The second-order valence-electron chi connectivity index (χ2n) is 9.92. The van der Waals surface area contributed by atoms with Gasteiger partial charge in [-0.05, 0) is 36.4 Å². The summed E-state index contributed by atoms with van der Waals surface area (Å²) in [5, 5.41) is 22.5. The number of ether oxygens (including phenoxy) is 1. The fraction of sp³-hybridized carbons (Fsp3) is 0.345. The van der Waals surface area contributed by atoms with Crippen LogP contribution >= 0.6 is 11.8 Å². The van der Waals surface area contributed by atoms with Crippen LogP contribution in [0.5, 0.6) is 11.6 Å². The number of carboxylic acid groups (broad SMARTS) is 1. The second kappa shape index (κ2) is 12.9. The number of nitrogens with one attached hydrogen (secondary N) is 4. The first kappa shape index (κ1) is 28.2. The first-order valence-electron chi connectivity index (χ1n) is 13.5. The van der Waals surface area contributed by atoms with Crippen LogP contribution in [0.3, 0.4) is 0 Å². The number of urea groups is 1. The summed E-state index contributed by atoms with van der Waals surface area (Å²) >= 11 is 1.87. The number of carbonyl (C=O) groups excluding carboxylic acids is 3. The van der Waals surface area contributed by atoms with E-state index < -0.39 is 5.97 Å². The normalized spacial score (nSPS) is 19.2. The molecule has 214 valence electrons. The molecule has 3 heterocycles. The van der Waals surface area contributed by atoms with Gasteiger partial charge in [0.1, 0.15) is 5.75 Å². The molecule has 2 aromatic carbocycles. The molecule has 2 aliphatic rings. The average Bonchev–Trinajstić information content (AvgIpc) is 3.52. The summed E-state index contributed by atoms with van der Waals surface area (Å²) in [5.74, 6) is 0.248. The Labute approximate surface area is 240 Å². The van der Waals surface area contributed by atoms with E-state index in [2.05, 4.69) is 26.3 Å². The predicted molar refractivity (Wildman–Crippen MR) is 155 cm³/mol. The summed E-state index contributed by atoms with van der Waals surface area (Å²) < 4.78 is 5.87. The van der Waals surface area contributed by atoms with Crippen molar-refractivity contribution in [2.75, 3.05) is 18.8 Å². The fourth-order valence-electron chi connectivity index (χ4n) is 5.08. The van der Waals surface area contributed by atoms with Gasteiger partial charge in [0.05, 0.1) is 17.6 Å². The molecular formula is C29H31N5O6S. The third-order valence-corrected chi connectivity index (χ3v) is 8.65. The molecule has 0 radical (unpaired) electrons. The van der Waals surface area contributed by atoms with E-state index in [4.69, 9.17) is 9.84 Å². The number of carboxylic acids is 1. The largest absolute Gasteiger partial charge is 0.478 e. The molecule has 1 aromatic heterocycles. The number of carbonyl (C=O) groups is 4. The molecule has 0 aliphatic carbocycles. The molecule has 2 saturated heterocycles. The van der Waals surface area contributed by atoms with Crippen molar-refractivity contribution in [2.24, 2.45) is 0 Å². The number of fused-ring (bicyclic) bond motifs is 2. The molecule has 5 rings (SSSR count). The van der Waals surface area contributed by atoms with Crippen LogP contribution in [-0.4, -0.2) is 70.1 Å². The predicted octanol–water partition coefficient (Wildman–Crippen LogP) is 3.30. The minimum absolute atomic E-state index is 0.0519. The quantitative estimate of drug-likeness (QED) is 0.162. The number of rotatable bonds is 12. The van der Waals surface area contributed by atoms with Crippen LogP contribution in [0, 0.1) is 0 Å². The molecule has 5 N–H and O–H groups in total. The Morgan fingerprint density at radius 3 is 2.61 bits per heavy atom. The van der Waals surface area contributed by atoms with E-state index in [1.807, 2.05) is 23.9 Å². The van der Waals surface area contributed by atoms with E-state index in [1.54, 1.807) is 24.3 Å². The van der Waals surface area contributed by atoms with Gasteiger partial charge in [-0.2, -0.15) is 11.8 Å². The van der Waals surface area contributed by atoms with Gasteiger partial charge >= 0.3 is 12.0 Å². The summed E-state index contributed by atoms with van der Waals surface area (Å²) in [5.41, 5.74) is 0.523. The molecule has 2 aliphatic heterocycles. The highest BCUT2D eigenvalue weighted by Crippen LogP contribution is 2.33. The maximum Gasteiger partial charge on any atom is 0.337 e. The van der Waals surface area contributed by atoms with Gasteiger partial charge in [0, 0.05) is 53.7 Å². The third kappa shape index (κ3) is 6.88. The summed E-state index contributed by atoms with van der Waals surface area (Å²) in [6, 6.07) is 13.8. The number of amides is 4. The number of benzene rings is 2. The molecule has 2 fully saturated rings. The van der Waals surface area contributed by atoms with Crippen molar-refractivity contribution in [2.45, 2.75) is 43.0 Å². The van der Waals surface area contributed by atoms with Crippen molar-refractivity contribution in [3.8, 4) is 11.6 Å². The zero-order valence-electron chi connectivity index (χ0n) is 22.2. The molecule has 3 atom stereocenters. The lowest BCUT2D eigenvalue weighted by molar-refractivity contribution is -0.121. The number of aromatic carboxylic acids is 1. The van der Waals surface area contributed by atoms with Crippen LogP contribution in [0.25, 0.3) is 10.8 Å². The Balaban J connectivity index is 1.06. The number of hydrogen-bond acceptors (Lipinski definition) is 7. The lowest BCUT2D eigenvalue weighted by atomic mass is 10.0. The van der Waals surface area contributed by atoms with Crippen molar-refractivity contribution in [1.82, 2.24) is 26.3 Å². The summed E-state index contributed by atoms with van der Waals surface area (Å²) in [7, 11) is 0. The molecule has 12 heteroatoms. The van der Waals surface area contributed by atoms with Crippen LogP contribution in [-0.2, 0) is 4.79 Å². The van der Waals surface area contributed by atoms with E-state index in [9.17, 15) is 19.2 Å². The van der Waals surface area contributed by atoms with Gasteiger partial charge in [-0.15, -0.1) is 0 Å². The first-order valence-corrected chi connectivity index (χ1v) is 14.6. The highest BCUT2D eigenvalue weighted by atomic mass is 32.2. The monoisotopic (exact) mass is 577 g/mol. The van der Waals surface area contributed by atoms with Crippen molar-refractivity contribution in [3.05, 3.63) is 65.9 Å². The molecule has 3 aromatic rings. The van der Waals surface area contributed by atoms with Gasteiger partial charge in [0.15, 0.2) is 0 Å². The molecule has 4 amide bonds. The van der Waals surface area contributed by atoms with Crippen LogP contribution < -0.4 is 26.0 Å². The van der Waals surface area contributed by atoms with Crippen LogP contribution in [0.15, 0.2) is 54.7 Å². The first-order chi connectivity index (χ1) is 19.9. The van der Waals surface area contributed by atoms with Crippen molar-refractivity contribution in [3.63, 3.8) is 0 Å². The van der Waals surface area contributed by atoms with Gasteiger partial charge < -0.3 is 31.1 Å². The van der Waals surface area contributed by atoms with Crippen molar-refractivity contribution >= 4 is 46.3 Å². The molecule has 41 heavy (non-hydrogen) atoms. The maximum atomic E-state index is 12.9. The Kier molecular flexibility index (Phi) is 8.88. The second-order valence-corrected chi connectivity index (χ2v) is 11.2. The van der Waals surface area contributed by atoms with Gasteiger partial charge in [-0.1, -0.05) is 30.7 Å². The topological polar surface area (TPSA) is 159 Å². The van der Waals surface area contributed by atoms with Gasteiger partial charge in [0.2, 0.25) is 11.8 Å². The molecule has 11 nitrogen and oxygen atoms in total. The van der Waals surface area contributed by atoms with E-state index in [0.29, 0.717) is 40.3 Å². The summed E-state index contributed by atoms with van der Waals surface area (Å²) in [6.07, 6.45) is 4.29. The average molecular weight is 578 g/mol. The number of nitrogens with zero attached hydrogens (tertiary/aromatic N) is 1. The number of unbranched alkanes of at least 4 members (excludes halogenated alkanes) is 1. The van der Waals surface area contributed by atoms with Crippen molar-refractivity contribution in [1.29, 1.82) is 0 Å². The Bertz CT molecular complexity index is 1450. The highest BCUT2D eigenvalue weighted by Gasteiger charge is 2.42. The minimum Gasteiger partial charge on any atom is -0.478 e. The molecule has 0 bridgehead atoms. The Hall–Kier alpha value is -4.32. The molecule has 0 saturated carbocycles. The zero-order valence-corrected chi connectivity index (χ0v) is 23.0. The Morgan fingerprint density at radius 2 is 1.80 bits per heavy atom. The number of aromatic nitrogens is 1. The van der Waals surface area contributed by atoms with E-state index in [1.165, 1.54) is 18.3 Å². The smallest absolute Gasteiger partial charge is 0.337 e. The van der Waals surface area contributed by atoms with Crippen LogP contribution in [0.2, 0.25) is 0 Å². The van der Waals surface area contributed by atoms with E-state index in [-0.39, 0.29) is 47.9 Å². The van der Waals surface area contributed by atoms with Crippen LogP contribution in [0.1, 0.15) is 46.4 Å². The van der Waals surface area contributed by atoms with Gasteiger partial charge in [-0.3, -0.25) is 9.59 Å². The maximum absolute atomic E-state index is 12.9. The fourth-order valence-corrected chi connectivity index (χ4v) is 6.63. The summed E-state index contributed by atoms with van der Waals surface area (Å²) in [6.45, 7) is 0.604. The van der Waals surface area contributed by atoms with Gasteiger partial charge in [0.25, 0.3) is 5.91 Å². The standard InChI is InChI=1S/C29H31N5O6S/c35-24(10-2-1-9-23-26-21(16-41-23)33-29(39)34-26)30-13-14-31-27(36)20-7-3-6-19-18(20)5-4-8-22(19)40-25-12-11-17(15-32-25)28(37)38/h3-8,11-12,15,21,23,26H,1-2,9-10,13-14,16H2,(H,30,35)(H,31,36)(H,37,38)(H2,33,34,39)/t21-,23-,26-/m0/s1. The molecule has 0 spiro atoms. The zero-order chi connectivity index (χ0) is 28.8. The SMILES string of the molecule is O=C(CCCC[C@@H]1SC[C@@H]2NC(=O)N[C@@H]21)NCCNC(=O)c1cccc2c(Oc3ccc(C(=O)O)cn3)cccc12. The highest BCUT2D eigenvalue weighted by molar-refractivity contribution is 8.00. The number of hydrogen-bond donors (Lipinski definition) is 5. The molecular weight excluding hydrogens is 546 g/mol.